The van der Waals surface area contributed by atoms with Crippen LogP contribution in [0.5, 0.6) is 0 Å². The zero-order chi connectivity index (χ0) is 8.27. The normalized spacial score (nSPS) is 25.0. The number of carbonyl (C=O) groups is 2. The van der Waals surface area contributed by atoms with E-state index in [0.29, 0.717) is 6.61 Å². The van der Waals surface area contributed by atoms with Gasteiger partial charge in [-0.25, -0.2) is 4.79 Å². The maximum absolute atomic E-state index is 10.9. The van der Waals surface area contributed by atoms with Gasteiger partial charge in [-0.2, -0.15) is 0 Å². The molecule has 11 heavy (non-hydrogen) atoms. The molecule has 1 saturated heterocycles. The third-order valence-electron chi connectivity index (χ3n) is 1.32. The van der Waals surface area contributed by atoms with Crippen molar-refractivity contribution in [3.05, 3.63) is 6.61 Å². The van der Waals surface area contributed by atoms with Crippen molar-refractivity contribution in [1.29, 1.82) is 0 Å². The van der Waals surface area contributed by atoms with Gasteiger partial charge in [-0.3, -0.25) is 4.79 Å². The molecule has 4 heteroatoms. The van der Waals surface area contributed by atoms with E-state index in [1.165, 1.54) is 6.61 Å². The minimum atomic E-state index is -0.995. The molecule has 1 radical (unpaired) electrons. The lowest BCUT2D eigenvalue weighted by Gasteiger charge is -2.18. The average Bonchev–Trinajstić information content (AvgIpc) is 1.97. The lowest BCUT2D eigenvalue weighted by molar-refractivity contribution is -0.163. The first-order valence-electron chi connectivity index (χ1n) is 3.42. The summed E-state index contributed by atoms with van der Waals surface area (Å²) in [5, 5.41) is 0. The van der Waals surface area contributed by atoms with Gasteiger partial charge < -0.3 is 9.47 Å². The Morgan fingerprint density at radius 2 is 2.45 bits per heavy atom. The second-order valence-corrected chi connectivity index (χ2v) is 2.11. The summed E-state index contributed by atoms with van der Waals surface area (Å²) in [6, 6.07) is 0. The summed E-state index contributed by atoms with van der Waals surface area (Å²) in [5.74, 6) is -0.841. The van der Waals surface area contributed by atoms with Crippen molar-refractivity contribution < 1.29 is 19.1 Å². The molecule has 0 aromatic rings. The van der Waals surface area contributed by atoms with E-state index in [1.54, 1.807) is 6.92 Å². The van der Waals surface area contributed by atoms with Crippen LogP contribution in [-0.2, 0) is 19.1 Å². The van der Waals surface area contributed by atoms with Gasteiger partial charge >= 0.3 is 5.97 Å². The number of Topliss-reactive ketones (excluding diaryl/α,β-unsaturated/α-hetero) is 1. The van der Waals surface area contributed by atoms with Gasteiger partial charge in [0.05, 0.1) is 6.42 Å². The number of ketones is 1. The number of rotatable bonds is 2. The molecule has 1 heterocycles. The van der Waals surface area contributed by atoms with Crippen molar-refractivity contribution >= 4 is 11.8 Å². The molecule has 1 atom stereocenters. The molecule has 61 valence electrons. The van der Waals surface area contributed by atoms with Crippen molar-refractivity contribution in [2.75, 3.05) is 6.61 Å². The molecule has 1 aliphatic rings. The van der Waals surface area contributed by atoms with Crippen LogP contribution in [0.2, 0.25) is 0 Å². The fraction of sp³-hybridized carbons (Fsp3) is 0.571. The van der Waals surface area contributed by atoms with Gasteiger partial charge in [0.25, 0.3) is 0 Å². The number of hydrogen-bond acceptors (Lipinski definition) is 4. The minimum Gasteiger partial charge on any atom is -0.456 e. The van der Waals surface area contributed by atoms with Crippen molar-refractivity contribution in [3.8, 4) is 0 Å². The van der Waals surface area contributed by atoms with E-state index in [0.717, 1.165) is 0 Å². The van der Waals surface area contributed by atoms with Crippen molar-refractivity contribution in [2.24, 2.45) is 0 Å². The van der Waals surface area contributed by atoms with Crippen LogP contribution >= 0.6 is 0 Å². The largest absolute Gasteiger partial charge is 0.456 e. The predicted octanol–water partition coefficient (Wildman–Crippen LogP) is 0.0693. The summed E-state index contributed by atoms with van der Waals surface area (Å²) in [6.07, 6.45) is -0.846. The first-order valence-corrected chi connectivity index (χ1v) is 3.42. The Labute approximate surface area is 64.5 Å². The highest BCUT2D eigenvalue weighted by atomic mass is 16.6. The number of carbonyl (C=O) groups excluding carboxylic acids is 2. The van der Waals surface area contributed by atoms with E-state index in [4.69, 9.17) is 4.74 Å². The van der Waals surface area contributed by atoms with Gasteiger partial charge in [-0.05, 0) is 6.92 Å². The Bertz CT molecular complexity index is 159. The molecular formula is C7H9O4. The Morgan fingerprint density at radius 3 is 3.00 bits per heavy atom. The smallest absolute Gasteiger partial charge is 0.343 e. The van der Waals surface area contributed by atoms with Gasteiger partial charge in [0.1, 0.15) is 6.61 Å². The minimum absolute atomic E-state index is 0.149. The molecule has 0 N–H and O–H groups in total. The summed E-state index contributed by atoms with van der Waals surface area (Å²) in [4.78, 5) is 21.7. The fourth-order valence-corrected chi connectivity index (χ4v) is 0.834. The van der Waals surface area contributed by atoms with Crippen LogP contribution in [0.3, 0.4) is 0 Å². The SMILES string of the molecule is CCOC1C(=O)C[CH]OC1=O. The number of cyclic esters (lactones) is 1. The van der Waals surface area contributed by atoms with Crippen molar-refractivity contribution in [3.63, 3.8) is 0 Å². The Balaban J connectivity index is 2.55. The van der Waals surface area contributed by atoms with Crippen LogP contribution in [0.15, 0.2) is 0 Å². The van der Waals surface area contributed by atoms with E-state index in [1.807, 2.05) is 0 Å². The number of esters is 1. The summed E-state index contributed by atoms with van der Waals surface area (Å²) in [5.41, 5.74) is 0. The van der Waals surface area contributed by atoms with E-state index in [9.17, 15) is 9.59 Å². The Morgan fingerprint density at radius 1 is 1.73 bits per heavy atom. The molecule has 4 nitrogen and oxygen atoms in total. The lowest BCUT2D eigenvalue weighted by atomic mass is 10.1. The van der Waals surface area contributed by atoms with Gasteiger partial charge in [0.2, 0.25) is 6.10 Å². The molecule has 0 aromatic carbocycles. The highest BCUT2D eigenvalue weighted by Crippen LogP contribution is 2.10. The molecule has 1 aliphatic heterocycles. The summed E-state index contributed by atoms with van der Waals surface area (Å²) < 4.78 is 9.37. The van der Waals surface area contributed by atoms with E-state index >= 15 is 0 Å². The number of hydrogen-bond donors (Lipinski definition) is 0. The first-order chi connectivity index (χ1) is 5.25. The second kappa shape index (κ2) is 3.48. The Hall–Kier alpha value is -0.900. The molecule has 0 bridgehead atoms. The summed E-state index contributed by atoms with van der Waals surface area (Å²) in [7, 11) is 0. The van der Waals surface area contributed by atoms with Crippen LogP contribution in [0.1, 0.15) is 13.3 Å². The van der Waals surface area contributed by atoms with Crippen LogP contribution in [0, 0.1) is 6.61 Å². The molecule has 0 aromatic heterocycles. The molecule has 1 rings (SSSR count). The van der Waals surface area contributed by atoms with Gasteiger partial charge in [0.15, 0.2) is 5.78 Å². The molecule has 0 spiro atoms. The molecule has 0 amide bonds. The molecule has 0 aliphatic carbocycles. The van der Waals surface area contributed by atoms with Gasteiger partial charge in [0, 0.05) is 6.61 Å². The third-order valence-corrected chi connectivity index (χ3v) is 1.32. The predicted molar refractivity (Wildman–Crippen MR) is 35.4 cm³/mol. The highest BCUT2D eigenvalue weighted by Gasteiger charge is 2.32. The van der Waals surface area contributed by atoms with Crippen LogP contribution in [0.25, 0.3) is 0 Å². The molecule has 0 saturated carbocycles. The van der Waals surface area contributed by atoms with Gasteiger partial charge in [-0.1, -0.05) is 0 Å². The highest BCUT2D eigenvalue weighted by molar-refractivity contribution is 6.04. The molecule has 1 fully saturated rings. The first kappa shape index (κ1) is 8.20. The topological polar surface area (TPSA) is 52.6 Å². The fourth-order valence-electron chi connectivity index (χ4n) is 0.834. The number of ether oxygens (including phenoxy) is 2. The Kier molecular flexibility index (Phi) is 2.59. The zero-order valence-electron chi connectivity index (χ0n) is 6.20. The van der Waals surface area contributed by atoms with Crippen LogP contribution in [0.4, 0.5) is 0 Å². The molecular weight excluding hydrogens is 148 g/mol. The maximum Gasteiger partial charge on any atom is 0.343 e. The summed E-state index contributed by atoms with van der Waals surface area (Å²) in [6.45, 7) is 3.25. The second-order valence-electron chi connectivity index (χ2n) is 2.11. The monoisotopic (exact) mass is 157 g/mol. The van der Waals surface area contributed by atoms with Crippen LogP contribution < -0.4 is 0 Å². The lowest BCUT2D eigenvalue weighted by Crippen LogP contribution is -2.38. The van der Waals surface area contributed by atoms with E-state index in [-0.39, 0.29) is 12.2 Å². The molecule has 1 unspecified atom stereocenters. The van der Waals surface area contributed by atoms with E-state index in [2.05, 4.69) is 4.74 Å². The van der Waals surface area contributed by atoms with Crippen LogP contribution in [-0.4, -0.2) is 24.5 Å². The standard InChI is InChI=1S/C7H9O4/c1-2-10-6-5(8)3-4-11-7(6)9/h4,6H,2-3H2,1H3. The van der Waals surface area contributed by atoms with Gasteiger partial charge in [-0.15, -0.1) is 0 Å². The van der Waals surface area contributed by atoms with E-state index < -0.39 is 12.1 Å². The third kappa shape index (κ3) is 1.77. The zero-order valence-corrected chi connectivity index (χ0v) is 6.20. The average molecular weight is 157 g/mol. The maximum atomic E-state index is 10.9. The van der Waals surface area contributed by atoms with Crippen molar-refractivity contribution in [2.45, 2.75) is 19.4 Å². The summed E-state index contributed by atoms with van der Waals surface area (Å²) >= 11 is 0. The van der Waals surface area contributed by atoms with Crippen molar-refractivity contribution in [1.82, 2.24) is 0 Å². The quantitative estimate of drug-likeness (QED) is 0.420.